The van der Waals surface area contributed by atoms with Gasteiger partial charge in [0.05, 0.1) is 6.54 Å². The van der Waals surface area contributed by atoms with Crippen molar-refractivity contribution in [2.24, 2.45) is 5.92 Å². The van der Waals surface area contributed by atoms with Gasteiger partial charge in [-0.2, -0.15) is 0 Å². The van der Waals surface area contributed by atoms with Gasteiger partial charge < -0.3 is 9.80 Å². The normalized spacial score (nSPS) is 17.9. The molecule has 2 atom stereocenters. The first-order valence-electron chi connectivity index (χ1n) is 9.67. The average molecular weight is 406 g/mol. The molecule has 0 aliphatic carbocycles. The Kier molecular flexibility index (Phi) is 7.08. The topological polar surface area (TPSA) is 24.8 Å². The van der Waals surface area contributed by atoms with Crippen molar-refractivity contribution in [3.05, 3.63) is 71.3 Å². The molecule has 1 fully saturated rings. The maximum Gasteiger partial charge on any atom is 0.278 e. The van der Waals surface area contributed by atoms with Gasteiger partial charge in [-0.3, -0.25) is 4.79 Å². The molecule has 0 saturated carbocycles. The number of amides is 1. The molecule has 28 heavy (non-hydrogen) atoms. The minimum atomic E-state index is -0.276. The van der Waals surface area contributed by atoms with Crippen molar-refractivity contribution in [3.63, 3.8) is 0 Å². The molecule has 1 N–H and O–H groups in total. The number of quaternary nitrogens is 1. The first-order chi connectivity index (χ1) is 13.4. The van der Waals surface area contributed by atoms with Crippen molar-refractivity contribution in [1.82, 2.24) is 4.90 Å². The molecule has 1 aliphatic heterocycles. The molecule has 0 aromatic heterocycles. The molecule has 3 rings (SSSR count). The van der Waals surface area contributed by atoms with E-state index in [1.165, 1.54) is 18.2 Å². The van der Waals surface area contributed by atoms with Crippen molar-refractivity contribution in [2.75, 3.05) is 25.4 Å². The molecule has 1 heterocycles. The Morgan fingerprint density at radius 2 is 1.89 bits per heavy atom. The Hall–Kier alpha value is -1.92. The van der Waals surface area contributed by atoms with Gasteiger partial charge in [0.25, 0.3) is 5.91 Å². The van der Waals surface area contributed by atoms with E-state index >= 15 is 0 Å². The second-order valence-corrected chi connectivity index (χ2v) is 8.84. The second-order valence-electron chi connectivity index (χ2n) is 7.65. The number of rotatable bonds is 7. The van der Waals surface area contributed by atoms with Gasteiger partial charge in [-0.1, -0.05) is 44.2 Å². The maximum atomic E-state index is 14.1. The van der Waals surface area contributed by atoms with E-state index in [0.29, 0.717) is 31.1 Å². The first kappa shape index (κ1) is 20.8. The number of hydrogen-bond donors (Lipinski definition) is 1. The standard InChI is InChI=1S/C22H26F2N2OS/c1-16(2)13-25(14-18-5-3-4-6-20(18)24)15-21(27)26-11-12-28-22(26)17-7-9-19(23)10-8-17/h3-10,16,22H,11-15H2,1-2H3/p+1/t22-/m0/s1. The van der Waals surface area contributed by atoms with Crippen molar-refractivity contribution in [1.29, 1.82) is 0 Å². The zero-order valence-corrected chi connectivity index (χ0v) is 17.1. The molecule has 1 amide bonds. The van der Waals surface area contributed by atoms with Crippen molar-refractivity contribution in [3.8, 4) is 0 Å². The van der Waals surface area contributed by atoms with Crippen LogP contribution in [0.3, 0.4) is 0 Å². The Morgan fingerprint density at radius 3 is 2.57 bits per heavy atom. The highest BCUT2D eigenvalue weighted by Crippen LogP contribution is 2.37. The van der Waals surface area contributed by atoms with E-state index in [9.17, 15) is 13.6 Å². The lowest BCUT2D eigenvalue weighted by Crippen LogP contribution is -3.12. The quantitative estimate of drug-likeness (QED) is 0.765. The number of hydrogen-bond acceptors (Lipinski definition) is 2. The van der Waals surface area contributed by atoms with Crippen LogP contribution in [0.4, 0.5) is 8.78 Å². The van der Waals surface area contributed by atoms with Crippen LogP contribution in [0.5, 0.6) is 0 Å². The molecule has 6 heteroatoms. The molecular weight excluding hydrogens is 378 g/mol. The molecule has 150 valence electrons. The summed E-state index contributed by atoms with van der Waals surface area (Å²) in [6, 6.07) is 13.1. The fraction of sp³-hybridized carbons (Fsp3) is 0.409. The number of carbonyl (C=O) groups excluding carboxylic acids is 1. The third kappa shape index (κ3) is 5.32. The van der Waals surface area contributed by atoms with Gasteiger partial charge in [-0.05, 0) is 23.8 Å². The Labute approximate surface area is 169 Å². The molecule has 3 nitrogen and oxygen atoms in total. The summed E-state index contributed by atoms with van der Waals surface area (Å²) in [6.45, 7) is 6.50. The molecule has 2 aromatic carbocycles. The fourth-order valence-electron chi connectivity index (χ4n) is 3.64. The minimum Gasteiger partial charge on any atom is -0.323 e. The Balaban J connectivity index is 1.71. The van der Waals surface area contributed by atoms with Crippen LogP contribution in [-0.4, -0.2) is 36.2 Å². The van der Waals surface area contributed by atoms with Crippen molar-refractivity contribution < 1.29 is 18.5 Å². The van der Waals surface area contributed by atoms with Gasteiger partial charge in [0, 0.05) is 23.8 Å². The number of halogens is 2. The largest absolute Gasteiger partial charge is 0.323 e. The molecule has 1 unspecified atom stereocenters. The molecule has 1 saturated heterocycles. The maximum absolute atomic E-state index is 14.1. The summed E-state index contributed by atoms with van der Waals surface area (Å²) < 4.78 is 27.3. The van der Waals surface area contributed by atoms with E-state index in [1.54, 1.807) is 36.0 Å². The number of carbonyl (C=O) groups is 1. The van der Waals surface area contributed by atoms with E-state index in [0.717, 1.165) is 22.8 Å². The Bertz CT molecular complexity index is 797. The van der Waals surface area contributed by atoms with Crippen LogP contribution in [0.25, 0.3) is 0 Å². The zero-order chi connectivity index (χ0) is 20.1. The molecule has 2 aromatic rings. The van der Waals surface area contributed by atoms with E-state index in [-0.39, 0.29) is 22.9 Å². The third-order valence-corrected chi connectivity index (χ3v) is 6.12. The van der Waals surface area contributed by atoms with E-state index in [1.807, 2.05) is 11.0 Å². The SMILES string of the molecule is CC(C)C[NH+](CC(=O)N1CCS[C@H]1c1ccc(F)cc1)Cc1ccccc1F. The third-order valence-electron chi connectivity index (χ3n) is 4.86. The van der Waals surface area contributed by atoms with Gasteiger partial charge in [-0.15, -0.1) is 11.8 Å². The summed E-state index contributed by atoms with van der Waals surface area (Å²) in [4.78, 5) is 16.0. The van der Waals surface area contributed by atoms with Crippen LogP contribution >= 0.6 is 11.8 Å². The van der Waals surface area contributed by atoms with Crippen molar-refractivity contribution >= 4 is 17.7 Å². The van der Waals surface area contributed by atoms with Gasteiger partial charge in [-0.25, -0.2) is 8.78 Å². The molecule has 1 aliphatic rings. The summed E-state index contributed by atoms with van der Waals surface area (Å²) in [6.07, 6.45) is 0. The van der Waals surface area contributed by atoms with Crippen LogP contribution in [0.1, 0.15) is 30.3 Å². The number of benzene rings is 2. The molecule has 0 radical (unpaired) electrons. The zero-order valence-electron chi connectivity index (χ0n) is 16.3. The summed E-state index contributed by atoms with van der Waals surface area (Å²) in [5.41, 5.74) is 1.58. The van der Waals surface area contributed by atoms with Crippen LogP contribution in [0.15, 0.2) is 48.5 Å². The lowest BCUT2D eigenvalue weighted by molar-refractivity contribution is -0.909. The van der Waals surface area contributed by atoms with E-state index in [2.05, 4.69) is 13.8 Å². The van der Waals surface area contributed by atoms with Gasteiger partial charge in [0.15, 0.2) is 6.54 Å². The van der Waals surface area contributed by atoms with Crippen LogP contribution < -0.4 is 4.90 Å². The highest BCUT2D eigenvalue weighted by Gasteiger charge is 2.32. The van der Waals surface area contributed by atoms with Gasteiger partial charge >= 0.3 is 0 Å². The highest BCUT2D eigenvalue weighted by atomic mass is 32.2. The van der Waals surface area contributed by atoms with E-state index in [4.69, 9.17) is 0 Å². The smallest absolute Gasteiger partial charge is 0.278 e. The lowest BCUT2D eigenvalue weighted by atomic mass is 10.1. The Morgan fingerprint density at radius 1 is 1.18 bits per heavy atom. The lowest BCUT2D eigenvalue weighted by Gasteiger charge is -2.27. The minimum absolute atomic E-state index is 0.0614. The number of thioether (sulfide) groups is 1. The van der Waals surface area contributed by atoms with E-state index < -0.39 is 0 Å². The van der Waals surface area contributed by atoms with Gasteiger partial charge in [0.1, 0.15) is 23.6 Å². The fourth-order valence-corrected chi connectivity index (χ4v) is 4.92. The number of nitrogens with zero attached hydrogens (tertiary/aromatic N) is 1. The molecular formula is C22H27F2N2OS+. The van der Waals surface area contributed by atoms with Crippen LogP contribution in [0.2, 0.25) is 0 Å². The van der Waals surface area contributed by atoms with Crippen molar-refractivity contribution in [2.45, 2.75) is 25.8 Å². The summed E-state index contributed by atoms with van der Waals surface area (Å²) >= 11 is 1.70. The summed E-state index contributed by atoms with van der Waals surface area (Å²) in [7, 11) is 0. The second kappa shape index (κ2) is 9.52. The van der Waals surface area contributed by atoms with Crippen LogP contribution in [0, 0.1) is 17.6 Å². The predicted octanol–water partition coefficient (Wildman–Crippen LogP) is 3.28. The number of nitrogens with one attached hydrogen (secondary N) is 1. The first-order valence-corrected chi connectivity index (χ1v) is 10.7. The molecule has 0 bridgehead atoms. The average Bonchev–Trinajstić information content (AvgIpc) is 3.13. The highest BCUT2D eigenvalue weighted by molar-refractivity contribution is 7.99. The van der Waals surface area contributed by atoms with Gasteiger partial charge in [0.2, 0.25) is 0 Å². The van der Waals surface area contributed by atoms with Crippen LogP contribution in [-0.2, 0) is 11.3 Å². The predicted molar refractivity (Wildman–Crippen MR) is 109 cm³/mol. The monoisotopic (exact) mass is 405 g/mol. The summed E-state index contributed by atoms with van der Waals surface area (Å²) in [5, 5.41) is -0.0816. The molecule has 0 spiro atoms. The summed E-state index contributed by atoms with van der Waals surface area (Å²) in [5.74, 6) is 0.821.